The van der Waals surface area contributed by atoms with Gasteiger partial charge in [-0.15, -0.1) is 0 Å². The summed E-state index contributed by atoms with van der Waals surface area (Å²) in [4.78, 5) is 21.1. The number of hydrogen-bond donors (Lipinski definition) is 1. The maximum absolute atomic E-state index is 12.0. The summed E-state index contributed by atoms with van der Waals surface area (Å²) in [5.41, 5.74) is 3.67. The molecule has 5 heteroatoms. The fourth-order valence-electron chi connectivity index (χ4n) is 2.19. The van der Waals surface area contributed by atoms with Gasteiger partial charge >= 0.3 is 0 Å². The van der Waals surface area contributed by atoms with Crippen LogP contribution in [0.1, 0.15) is 11.3 Å². The van der Waals surface area contributed by atoms with Crippen LogP contribution in [0.25, 0.3) is 11.0 Å². The van der Waals surface area contributed by atoms with Crippen LogP contribution in [-0.4, -0.2) is 21.6 Å². The fraction of sp³-hybridized carbons (Fsp3) is 0.167. The zero-order chi connectivity index (χ0) is 16.1. The minimum Gasteiger partial charge on any atom is -0.351 e. The van der Waals surface area contributed by atoms with Gasteiger partial charge in [0, 0.05) is 6.54 Å². The summed E-state index contributed by atoms with van der Waals surface area (Å²) in [6.07, 6.45) is 0. The first-order valence-corrected chi connectivity index (χ1v) is 8.38. The van der Waals surface area contributed by atoms with E-state index in [-0.39, 0.29) is 5.91 Å². The van der Waals surface area contributed by atoms with Gasteiger partial charge in [-0.25, -0.2) is 9.97 Å². The Labute approximate surface area is 139 Å². The molecule has 0 spiro atoms. The van der Waals surface area contributed by atoms with Crippen LogP contribution in [0.2, 0.25) is 0 Å². The molecular formula is C18H17N3OS. The van der Waals surface area contributed by atoms with Crippen molar-refractivity contribution in [3.05, 3.63) is 65.9 Å². The minimum absolute atomic E-state index is 0.00629. The number of nitrogens with zero attached hydrogens (tertiary/aromatic N) is 2. The van der Waals surface area contributed by atoms with Crippen LogP contribution in [0.15, 0.2) is 59.6 Å². The molecule has 2 aromatic carbocycles. The van der Waals surface area contributed by atoms with Crippen molar-refractivity contribution < 1.29 is 4.79 Å². The number of benzene rings is 2. The lowest BCUT2D eigenvalue weighted by atomic mass is 10.2. The number of amides is 1. The Morgan fingerprint density at radius 3 is 2.39 bits per heavy atom. The number of aryl methyl sites for hydroxylation is 1. The summed E-state index contributed by atoms with van der Waals surface area (Å²) in [5.74, 6) is 0.328. The van der Waals surface area contributed by atoms with Crippen LogP contribution in [0.5, 0.6) is 0 Å². The molecule has 0 saturated heterocycles. The first kappa shape index (κ1) is 15.5. The normalized spacial score (nSPS) is 10.7. The van der Waals surface area contributed by atoms with Crippen molar-refractivity contribution in [3.8, 4) is 0 Å². The second-order valence-electron chi connectivity index (χ2n) is 5.15. The van der Waals surface area contributed by atoms with Gasteiger partial charge < -0.3 is 5.32 Å². The summed E-state index contributed by atoms with van der Waals surface area (Å²) < 4.78 is 0. The number of carbonyl (C=O) groups is 1. The number of para-hydroxylation sites is 2. The van der Waals surface area contributed by atoms with Crippen molar-refractivity contribution in [3.63, 3.8) is 0 Å². The van der Waals surface area contributed by atoms with Crippen LogP contribution in [0.3, 0.4) is 0 Å². The Hall–Kier alpha value is -2.40. The third kappa shape index (κ3) is 4.07. The van der Waals surface area contributed by atoms with Crippen LogP contribution in [0, 0.1) is 6.92 Å². The van der Waals surface area contributed by atoms with E-state index in [1.54, 1.807) is 0 Å². The second-order valence-corrected chi connectivity index (χ2v) is 6.12. The zero-order valence-electron chi connectivity index (χ0n) is 12.8. The molecule has 0 fully saturated rings. The first-order valence-electron chi connectivity index (χ1n) is 7.39. The molecule has 0 unspecified atom stereocenters. The number of hydrogen-bond acceptors (Lipinski definition) is 4. The molecule has 0 aliphatic rings. The van der Waals surface area contributed by atoms with E-state index in [4.69, 9.17) is 0 Å². The van der Waals surface area contributed by atoms with Crippen molar-refractivity contribution in [1.82, 2.24) is 15.3 Å². The molecular weight excluding hydrogens is 306 g/mol. The summed E-state index contributed by atoms with van der Waals surface area (Å²) in [6.45, 7) is 2.46. The lowest BCUT2D eigenvalue weighted by molar-refractivity contribution is -0.118. The van der Waals surface area contributed by atoms with Crippen molar-refractivity contribution in [2.45, 2.75) is 18.5 Å². The number of rotatable bonds is 5. The van der Waals surface area contributed by atoms with Crippen LogP contribution >= 0.6 is 11.8 Å². The second kappa shape index (κ2) is 7.24. The molecule has 1 heterocycles. The van der Waals surface area contributed by atoms with Crippen LogP contribution in [0.4, 0.5) is 0 Å². The number of nitrogens with one attached hydrogen (secondary N) is 1. The summed E-state index contributed by atoms with van der Waals surface area (Å²) in [6, 6.07) is 17.6. The fourth-order valence-corrected chi connectivity index (χ4v) is 2.98. The highest BCUT2D eigenvalue weighted by atomic mass is 32.2. The molecule has 0 radical (unpaired) electrons. The van der Waals surface area contributed by atoms with Gasteiger partial charge in [0.25, 0.3) is 0 Å². The van der Waals surface area contributed by atoms with Gasteiger partial charge in [0.15, 0.2) is 0 Å². The molecule has 1 amide bonds. The van der Waals surface area contributed by atoms with E-state index >= 15 is 0 Å². The number of aromatic nitrogens is 2. The van der Waals surface area contributed by atoms with Gasteiger partial charge in [0.2, 0.25) is 5.91 Å². The van der Waals surface area contributed by atoms with Crippen molar-refractivity contribution >= 4 is 28.7 Å². The summed E-state index contributed by atoms with van der Waals surface area (Å²) >= 11 is 1.42. The van der Waals surface area contributed by atoms with Gasteiger partial charge in [0.05, 0.1) is 22.5 Å². The number of thioether (sulfide) groups is 1. The molecule has 0 aliphatic carbocycles. The summed E-state index contributed by atoms with van der Waals surface area (Å²) in [5, 5.41) is 3.72. The average Bonchev–Trinajstić information content (AvgIpc) is 2.59. The standard InChI is InChI=1S/C18H17N3OS/c1-13-18(21-16-10-6-5-9-15(16)20-13)23-12-17(22)19-11-14-7-3-2-4-8-14/h2-10H,11-12H2,1H3,(H,19,22). The van der Waals surface area contributed by atoms with E-state index in [0.29, 0.717) is 12.3 Å². The van der Waals surface area contributed by atoms with Gasteiger partial charge in [-0.05, 0) is 24.6 Å². The molecule has 23 heavy (non-hydrogen) atoms. The van der Waals surface area contributed by atoms with E-state index in [2.05, 4.69) is 15.3 Å². The lowest BCUT2D eigenvalue weighted by Crippen LogP contribution is -2.24. The molecule has 3 aromatic rings. The lowest BCUT2D eigenvalue weighted by Gasteiger charge is -2.07. The highest BCUT2D eigenvalue weighted by molar-refractivity contribution is 7.99. The molecule has 0 aliphatic heterocycles. The largest absolute Gasteiger partial charge is 0.351 e. The third-order valence-corrected chi connectivity index (χ3v) is 4.44. The van der Waals surface area contributed by atoms with E-state index in [1.165, 1.54) is 11.8 Å². The highest BCUT2D eigenvalue weighted by Gasteiger charge is 2.08. The predicted molar refractivity (Wildman–Crippen MR) is 93.3 cm³/mol. The van der Waals surface area contributed by atoms with E-state index in [1.807, 2.05) is 61.5 Å². The highest BCUT2D eigenvalue weighted by Crippen LogP contribution is 2.21. The molecule has 116 valence electrons. The Morgan fingerprint density at radius 2 is 1.65 bits per heavy atom. The smallest absolute Gasteiger partial charge is 0.230 e. The zero-order valence-corrected chi connectivity index (χ0v) is 13.6. The number of fused-ring (bicyclic) bond motifs is 1. The Balaban J connectivity index is 1.59. The van der Waals surface area contributed by atoms with Gasteiger partial charge in [-0.2, -0.15) is 0 Å². The molecule has 0 bridgehead atoms. The first-order chi connectivity index (χ1) is 11.2. The predicted octanol–water partition coefficient (Wildman–Crippen LogP) is 3.35. The number of carbonyl (C=O) groups excluding carboxylic acids is 1. The minimum atomic E-state index is -0.00629. The molecule has 0 atom stereocenters. The van der Waals surface area contributed by atoms with E-state index in [0.717, 1.165) is 27.3 Å². The summed E-state index contributed by atoms with van der Waals surface area (Å²) in [7, 11) is 0. The van der Waals surface area contributed by atoms with Gasteiger partial charge in [0.1, 0.15) is 5.03 Å². The molecule has 3 rings (SSSR count). The topological polar surface area (TPSA) is 54.9 Å². The molecule has 1 N–H and O–H groups in total. The van der Waals surface area contributed by atoms with Crippen molar-refractivity contribution in [2.24, 2.45) is 0 Å². The van der Waals surface area contributed by atoms with Gasteiger partial charge in [-0.1, -0.05) is 54.2 Å². The van der Waals surface area contributed by atoms with Gasteiger partial charge in [-0.3, -0.25) is 4.79 Å². The Kier molecular flexibility index (Phi) is 4.88. The van der Waals surface area contributed by atoms with Crippen molar-refractivity contribution in [1.29, 1.82) is 0 Å². The molecule has 1 aromatic heterocycles. The Morgan fingerprint density at radius 1 is 1.00 bits per heavy atom. The van der Waals surface area contributed by atoms with E-state index < -0.39 is 0 Å². The monoisotopic (exact) mass is 323 g/mol. The van der Waals surface area contributed by atoms with E-state index in [9.17, 15) is 4.79 Å². The quantitative estimate of drug-likeness (QED) is 0.732. The van der Waals surface area contributed by atoms with Crippen molar-refractivity contribution in [2.75, 3.05) is 5.75 Å². The molecule has 0 saturated carbocycles. The SMILES string of the molecule is Cc1nc2ccccc2nc1SCC(=O)NCc1ccccc1. The Bertz CT molecular complexity index is 821. The molecule has 4 nitrogen and oxygen atoms in total. The van der Waals surface area contributed by atoms with Crippen LogP contribution in [-0.2, 0) is 11.3 Å². The maximum atomic E-state index is 12.0. The average molecular weight is 323 g/mol. The maximum Gasteiger partial charge on any atom is 0.230 e. The third-order valence-electron chi connectivity index (χ3n) is 3.37. The van der Waals surface area contributed by atoms with Crippen LogP contribution < -0.4 is 5.32 Å².